The average molecular weight is 307 g/mol. The number of halogens is 3. The second kappa shape index (κ2) is 6.61. The summed E-state index contributed by atoms with van der Waals surface area (Å²) in [6.45, 7) is 1.55. The van der Waals surface area contributed by atoms with Crippen molar-refractivity contribution >= 4 is 5.95 Å². The van der Waals surface area contributed by atoms with Crippen molar-refractivity contribution in [2.75, 3.05) is 24.7 Å². The van der Waals surface area contributed by atoms with Crippen molar-refractivity contribution in [3.63, 3.8) is 0 Å². The number of hydrogen-bond donors (Lipinski definition) is 2. The fourth-order valence-electron chi connectivity index (χ4n) is 2.34. The van der Waals surface area contributed by atoms with Gasteiger partial charge in [-0.25, -0.2) is 0 Å². The Balaban J connectivity index is 1.84. The predicted molar refractivity (Wildman–Crippen MR) is 71.0 cm³/mol. The van der Waals surface area contributed by atoms with Crippen molar-refractivity contribution in [2.24, 2.45) is 5.73 Å². The molecule has 0 spiro atoms. The van der Waals surface area contributed by atoms with Crippen molar-refractivity contribution in [3.05, 3.63) is 5.82 Å². The van der Waals surface area contributed by atoms with Crippen molar-refractivity contribution in [1.82, 2.24) is 15.2 Å². The van der Waals surface area contributed by atoms with Gasteiger partial charge in [0.2, 0.25) is 5.95 Å². The van der Waals surface area contributed by atoms with E-state index in [-0.39, 0.29) is 25.1 Å². The number of aromatic nitrogens is 3. The summed E-state index contributed by atoms with van der Waals surface area (Å²) in [6.07, 6.45) is -2.09. The molecule has 6 nitrogen and oxygen atoms in total. The Bertz CT molecular complexity index is 450. The lowest BCUT2D eigenvalue weighted by molar-refractivity contribution is -0.173. The molecule has 0 radical (unpaired) electrons. The summed E-state index contributed by atoms with van der Waals surface area (Å²) < 4.78 is 40.3. The van der Waals surface area contributed by atoms with E-state index in [9.17, 15) is 13.2 Å². The first-order valence-electron chi connectivity index (χ1n) is 6.95. The number of aromatic amines is 1. The highest BCUT2D eigenvalue weighted by Crippen LogP contribution is 2.20. The number of piperidine rings is 1. The first-order valence-corrected chi connectivity index (χ1v) is 6.95. The summed E-state index contributed by atoms with van der Waals surface area (Å²) in [5, 5.41) is 6.84. The maximum atomic E-state index is 11.9. The van der Waals surface area contributed by atoms with Crippen molar-refractivity contribution < 1.29 is 17.9 Å². The number of ether oxygens (including phenoxy) is 1. The van der Waals surface area contributed by atoms with E-state index in [1.807, 2.05) is 11.8 Å². The third kappa shape index (κ3) is 4.57. The monoisotopic (exact) mass is 307 g/mol. The van der Waals surface area contributed by atoms with Crippen LogP contribution in [0, 0.1) is 0 Å². The Kier molecular flexibility index (Phi) is 5.04. The highest BCUT2D eigenvalue weighted by atomic mass is 19.4. The minimum Gasteiger partial charge on any atom is -0.372 e. The molecule has 2 atom stereocenters. The Hall–Kier alpha value is -1.35. The summed E-state index contributed by atoms with van der Waals surface area (Å²) in [6, 6.07) is 0.222. The molecule has 0 aromatic carbocycles. The first kappa shape index (κ1) is 16.0. The quantitative estimate of drug-likeness (QED) is 0.800. The molecule has 2 rings (SSSR count). The van der Waals surface area contributed by atoms with Gasteiger partial charge in [-0.2, -0.15) is 18.2 Å². The molecule has 2 unspecified atom stereocenters. The molecule has 1 aliphatic rings. The molecule has 1 aromatic rings. The Morgan fingerprint density at radius 2 is 2.24 bits per heavy atom. The second-order valence-corrected chi connectivity index (χ2v) is 5.24. The van der Waals surface area contributed by atoms with Crippen LogP contribution in [0.3, 0.4) is 0 Å². The summed E-state index contributed by atoms with van der Waals surface area (Å²) in [7, 11) is 0. The molecular formula is C12H20F3N5O. The highest BCUT2D eigenvalue weighted by Gasteiger charge is 2.28. The van der Waals surface area contributed by atoms with Gasteiger partial charge in [-0.15, -0.1) is 5.10 Å². The SMILES string of the molecule is CC1C(N)CCCN1c1n[nH]c(CCOCC(F)(F)F)n1. The van der Waals surface area contributed by atoms with Crippen LogP contribution in [0.5, 0.6) is 0 Å². The summed E-state index contributed by atoms with van der Waals surface area (Å²) in [5.41, 5.74) is 6.02. The number of hydrogen-bond acceptors (Lipinski definition) is 5. The summed E-state index contributed by atoms with van der Waals surface area (Å²) >= 11 is 0. The maximum Gasteiger partial charge on any atom is 0.411 e. The number of H-pyrrole nitrogens is 1. The molecule has 120 valence electrons. The molecule has 0 bridgehead atoms. The minimum atomic E-state index is -4.30. The zero-order chi connectivity index (χ0) is 15.5. The fraction of sp³-hybridized carbons (Fsp3) is 0.833. The van der Waals surface area contributed by atoms with Gasteiger partial charge in [0, 0.05) is 25.0 Å². The van der Waals surface area contributed by atoms with E-state index in [0.717, 1.165) is 19.4 Å². The van der Waals surface area contributed by atoms with Crippen molar-refractivity contribution in [2.45, 2.75) is 44.4 Å². The van der Waals surface area contributed by atoms with Crippen molar-refractivity contribution in [3.8, 4) is 0 Å². The predicted octanol–water partition coefficient (Wildman–Crippen LogP) is 1.24. The zero-order valence-corrected chi connectivity index (χ0v) is 11.9. The third-order valence-corrected chi connectivity index (χ3v) is 3.57. The molecule has 0 amide bonds. The maximum absolute atomic E-state index is 11.9. The average Bonchev–Trinajstić information content (AvgIpc) is 2.85. The Morgan fingerprint density at radius 1 is 1.48 bits per heavy atom. The Morgan fingerprint density at radius 3 is 2.95 bits per heavy atom. The zero-order valence-electron chi connectivity index (χ0n) is 11.9. The second-order valence-electron chi connectivity index (χ2n) is 5.24. The van der Waals surface area contributed by atoms with Crippen LogP contribution >= 0.6 is 0 Å². The van der Waals surface area contributed by atoms with E-state index < -0.39 is 12.8 Å². The van der Waals surface area contributed by atoms with Gasteiger partial charge in [-0.3, -0.25) is 5.10 Å². The fourth-order valence-corrected chi connectivity index (χ4v) is 2.34. The molecule has 21 heavy (non-hydrogen) atoms. The van der Waals surface area contributed by atoms with Crippen LogP contribution in [-0.4, -0.2) is 53.2 Å². The van der Waals surface area contributed by atoms with Crippen LogP contribution in [0.1, 0.15) is 25.6 Å². The molecule has 1 fully saturated rings. The van der Waals surface area contributed by atoms with Gasteiger partial charge in [0.25, 0.3) is 0 Å². The number of nitrogens with one attached hydrogen (secondary N) is 1. The van der Waals surface area contributed by atoms with Gasteiger partial charge in [0.1, 0.15) is 12.4 Å². The van der Waals surface area contributed by atoms with Crippen molar-refractivity contribution in [1.29, 1.82) is 0 Å². The highest BCUT2D eigenvalue weighted by molar-refractivity contribution is 5.32. The van der Waals surface area contributed by atoms with Crippen LogP contribution in [0.25, 0.3) is 0 Å². The largest absolute Gasteiger partial charge is 0.411 e. The number of alkyl halides is 3. The lowest BCUT2D eigenvalue weighted by atomic mass is 9.99. The molecule has 1 aliphatic heterocycles. The molecule has 9 heteroatoms. The normalized spacial score (nSPS) is 23.6. The molecule has 0 aliphatic carbocycles. The number of rotatable bonds is 5. The standard InChI is InChI=1S/C12H20F3N5O/c1-8-9(16)3-2-5-20(8)11-17-10(18-19-11)4-6-21-7-12(13,14)15/h8-9H,2-7,16H2,1H3,(H,17,18,19). The topological polar surface area (TPSA) is 80.1 Å². The first-order chi connectivity index (χ1) is 9.87. The van der Waals surface area contributed by atoms with E-state index in [0.29, 0.717) is 11.8 Å². The van der Waals surface area contributed by atoms with E-state index in [2.05, 4.69) is 19.9 Å². The summed E-state index contributed by atoms with van der Waals surface area (Å²) in [5.74, 6) is 1.06. The number of anilines is 1. The lowest BCUT2D eigenvalue weighted by Crippen LogP contribution is -2.51. The molecular weight excluding hydrogens is 287 g/mol. The van der Waals surface area contributed by atoms with Gasteiger partial charge in [-0.1, -0.05) is 0 Å². The van der Waals surface area contributed by atoms with Gasteiger partial charge >= 0.3 is 6.18 Å². The van der Waals surface area contributed by atoms with Crippen LogP contribution in [0.15, 0.2) is 0 Å². The van der Waals surface area contributed by atoms with Crippen LogP contribution in [0.4, 0.5) is 19.1 Å². The molecule has 0 saturated carbocycles. The van der Waals surface area contributed by atoms with E-state index in [1.54, 1.807) is 0 Å². The third-order valence-electron chi connectivity index (χ3n) is 3.57. The van der Waals surface area contributed by atoms with Crippen LogP contribution in [0.2, 0.25) is 0 Å². The smallest absolute Gasteiger partial charge is 0.372 e. The molecule has 3 N–H and O–H groups in total. The molecule has 2 heterocycles. The minimum absolute atomic E-state index is 0.0524. The summed E-state index contributed by atoms with van der Waals surface area (Å²) in [4.78, 5) is 6.31. The van der Waals surface area contributed by atoms with Gasteiger partial charge in [0.05, 0.1) is 6.61 Å². The number of nitrogens with two attached hydrogens (primary N) is 1. The van der Waals surface area contributed by atoms with Crippen LogP contribution in [-0.2, 0) is 11.2 Å². The van der Waals surface area contributed by atoms with E-state index in [1.165, 1.54) is 0 Å². The lowest BCUT2D eigenvalue weighted by Gasteiger charge is -2.36. The van der Waals surface area contributed by atoms with Gasteiger partial charge in [0.15, 0.2) is 0 Å². The molecule has 1 aromatic heterocycles. The van der Waals surface area contributed by atoms with E-state index in [4.69, 9.17) is 5.73 Å². The van der Waals surface area contributed by atoms with Gasteiger partial charge in [-0.05, 0) is 19.8 Å². The van der Waals surface area contributed by atoms with E-state index >= 15 is 0 Å². The van der Waals surface area contributed by atoms with Gasteiger partial charge < -0.3 is 15.4 Å². The van der Waals surface area contributed by atoms with Crippen LogP contribution < -0.4 is 10.6 Å². The number of nitrogens with zero attached hydrogens (tertiary/aromatic N) is 3. The Labute approximate surface area is 120 Å². The molecule has 1 saturated heterocycles.